The Morgan fingerprint density at radius 2 is 1.83 bits per heavy atom. The van der Waals surface area contributed by atoms with Gasteiger partial charge >= 0.3 is 0 Å². The molecule has 1 aromatic rings. The molecule has 1 aromatic carbocycles. The van der Waals surface area contributed by atoms with Gasteiger partial charge in [-0.2, -0.15) is 0 Å². The third kappa shape index (κ3) is 4.07. The summed E-state index contributed by atoms with van der Waals surface area (Å²) >= 11 is 5.98. The van der Waals surface area contributed by atoms with Gasteiger partial charge in [-0.15, -0.1) is 0 Å². The summed E-state index contributed by atoms with van der Waals surface area (Å²) in [4.78, 5) is 2.44. The Bertz CT molecular complexity index is 369. The molecule has 0 aromatic heterocycles. The van der Waals surface area contributed by atoms with Crippen molar-refractivity contribution in [2.75, 3.05) is 24.1 Å². The van der Waals surface area contributed by atoms with E-state index in [9.17, 15) is 0 Å². The van der Waals surface area contributed by atoms with Crippen molar-refractivity contribution in [3.63, 3.8) is 0 Å². The molecule has 0 spiro atoms. The number of anilines is 2. The van der Waals surface area contributed by atoms with E-state index in [0.717, 1.165) is 18.8 Å². The van der Waals surface area contributed by atoms with Gasteiger partial charge in [-0.1, -0.05) is 17.7 Å². The smallest absolute Gasteiger partial charge is 0.0739 e. The molecule has 0 amide bonds. The molecule has 0 atom stereocenters. The van der Waals surface area contributed by atoms with E-state index in [4.69, 9.17) is 17.3 Å². The number of nitrogens with one attached hydrogen (secondary N) is 1. The lowest BCUT2D eigenvalue weighted by molar-refractivity contribution is 0.182. The van der Waals surface area contributed by atoms with Crippen molar-refractivity contribution >= 4 is 23.0 Å². The lowest BCUT2D eigenvalue weighted by Gasteiger charge is -2.30. The first-order chi connectivity index (χ1) is 8.43. The number of benzene rings is 1. The SMILES string of the molecule is CC(C)N(CCNc1cccc(Cl)c1N)C(C)C. The van der Waals surface area contributed by atoms with Gasteiger partial charge in [-0.25, -0.2) is 0 Å². The zero-order valence-electron chi connectivity index (χ0n) is 11.7. The Hall–Kier alpha value is -0.930. The minimum absolute atomic E-state index is 0.545. The summed E-state index contributed by atoms with van der Waals surface area (Å²) in [5.74, 6) is 0. The first-order valence-corrected chi connectivity index (χ1v) is 6.85. The highest BCUT2D eigenvalue weighted by Gasteiger charge is 2.12. The van der Waals surface area contributed by atoms with Crippen LogP contribution in [0.25, 0.3) is 0 Å². The maximum atomic E-state index is 5.98. The Kier molecular flexibility index (Phi) is 5.76. The Labute approximate surface area is 115 Å². The third-order valence-electron chi connectivity index (χ3n) is 3.06. The van der Waals surface area contributed by atoms with E-state index >= 15 is 0 Å². The fourth-order valence-corrected chi connectivity index (χ4v) is 2.30. The van der Waals surface area contributed by atoms with Crippen molar-refractivity contribution in [3.8, 4) is 0 Å². The summed E-state index contributed by atoms with van der Waals surface area (Å²) in [7, 11) is 0. The molecule has 1 rings (SSSR count). The van der Waals surface area contributed by atoms with E-state index in [2.05, 4.69) is 37.9 Å². The molecule has 0 saturated heterocycles. The first-order valence-electron chi connectivity index (χ1n) is 6.47. The highest BCUT2D eigenvalue weighted by molar-refractivity contribution is 6.33. The maximum absolute atomic E-state index is 5.98. The number of nitrogens with zero attached hydrogens (tertiary/aromatic N) is 1. The van der Waals surface area contributed by atoms with E-state index < -0.39 is 0 Å². The van der Waals surface area contributed by atoms with Crippen LogP contribution < -0.4 is 11.1 Å². The lowest BCUT2D eigenvalue weighted by atomic mass is 10.2. The number of hydrogen-bond acceptors (Lipinski definition) is 3. The highest BCUT2D eigenvalue weighted by Crippen LogP contribution is 2.26. The predicted octanol–water partition coefficient (Wildman–Crippen LogP) is 3.45. The minimum Gasteiger partial charge on any atom is -0.396 e. The van der Waals surface area contributed by atoms with Crippen LogP contribution in [0.4, 0.5) is 11.4 Å². The maximum Gasteiger partial charge on any atom is 0.0739 e. The third-order valence-corrected chi connectivity index (χ3v) is 3.39. The van der Waals surface area contributed by atoms with Gasteiger partial charge < -0.3 is 11.1 Å². The van der Waals surface area contributed by atoms with Crippen LogP contribution >= 0.6 is 11.6 Å². The highest BCUT2D eigenvalue weighted by atomic mass is 35.5. The summed E-state index contributed by atoms with van der Waals surface area (Å²) in [6.07, 6.45) is 0. The van der Waals surface area contributed by atoms with Crippen molar-refractivity contribution in [3.05, 3.63) is 23.2 Å². The van der Waals surface area contributed by atoms with Crippen LogP contribution in [0.3, 0.4) is 0 Å². The summed E-state index contributed by atoms with van der Waals surface area (Å²) in [5, 5.41) is 3.94. The van der Waals surface area contributed by atoms with Crippen LogP contribution in [0.15, 0.2) is 18.2 Å². The fraction of sp³-hybridized carbons (Fsp3) is 0.571. The molecule has 3 N–H and O–H groups in total. The lowest BCUT2D eigenvalue weighted by Crippen LogP contribution is -2.40. The van der Waals surface area contributed by atoms with Crippen molar-refractivity contribution < 1.29 is 0 Å². The number of hydrogen-bond donors (Lipinski definition) is 2. The molecule has 0 radical (unpaired) electrons. The molecule has 0 fully saturated rings. The molecule has 0 aliphatic carbocycles. The topological polar surface area (TPSA) is 41.3 Å². The van der Waals surface area contributed by atoms with Crippen LogP contribution in [0.2, 0.25) is 5.02 Å². The van der Waals surface area contributed by atoms with Crippen molar-refractivity contribution in [1.82, 2.24) is 4.90 Å². The zero-order chi connectivity index (χ0) is 13.7. The van der Waals surface area contributed by atoms with Crippen LogP contribution in [0, 0.1) is 0 Å². The molecule has 0 unspecified atom stereocenters. The fourth-order valence-electron chi connectivity index (χ4n) is 2.12. The summed E-state index contributed by atoms with van der Waals surface area (Å²) in [6, 6.07) is 6.75. The Morgan fingerprint density at radius 1 is 1.22 bits per heavy atom. The van der Waals surface area contributed by atoms with Gasteiger partial charge in [0.25, 0.3) is 0 Å². The molecule has 18 heavy (non-hydrogen) atoms. The average molecular weight is 270 g/mol. The van der Waals surface area contributed by atoms with Gasteiger partial charge in [-0.3, -0.25) is 4.90 Å². The van der Waals surface area contributed by atoms with Crippen molar-refractivity contribution in [1.29, 1.82) is 0 Å². The molecule has 102 valence electrons. The molecule has 4 heteroatoms. The quantitative estimate of drug-likeness (QED) is 0.777. The summed E-state index contributed by atoms with van der Waals surface area (Å²) in [6.45, 7) is 10.7. The van der Waals surface area contributed by atoms with E-state index in [-0.39, 0.29) is 0 Å². The van der Waals surface area contributed by atoms with E-state index in [0.29, 0.717) is 22.8 Å². The normalized spacial score (nSPS) is 11.6. The molecule has 0 aliphatic rings. The Balaban J connectivity index is 2.53. The second kappa shape index (κ2) is 6.86. The molecule has 0 aliphatic heterocycles. The van der Waals surface area contributed by atoms with Crippen LogP contribution in [-0.2, 0) is 0 Å². The molecular weight excluding hydrogens is 246 g/mol. The standard InChI is InChI=1S/C14H24ClN3/c1-10(2)18(11(3)4)9-8-17-13-7-5-6-12(15)14(13)16/h5-7,10-11,17H,8-9,16H2,1-4H3. The number of nitrogen functional groups attached to an aromatic ring is 1. The van der Waals surface area contributed by atoms with Crippen molar-refractivity contribution in [2.24, 2.45) is 0 Å². The van der Waals surface area contributed by atoms with Gasteiger partial charge in [0.2, 0.25) is 0 Å². The molecule has 0 saturated carbocycles. The van der Waals surface area contributed by atoms with Gasteiger partial charge in [-0.05, 0) is 39.8 Å². The summed E-state index contributed by atoms with van der Waals surface area (Å²) in [5.41, 5.74) is 7.45. The van der Waals surface area contributed by atoms with Crippen LogP contribution in [0.5, 0.6) is 0 Å². The minimum atomic E-state index is 0.545. The van der Waals surface area contributed by atoms with Gasteiger partial charge in [0, 0.05) is 25.2 Å². The monoisotopic (exact) mass is 269 g/mol. The molecule has 3 nitrogen and oxygen atoms in total. The van der Waals surface area contributed by atoms with Crippen LogP contribution in [0.1, 0.15) is 27.7 Å². The second-order valence-corrected chi connectivity index (χ2v) is 5.46. The number of nitrogens with two attached hydrogens (primary N) is 1. The molecular formula is C14H24ClN3. The zero-order valence-corrected chi connectivity index (χ0v) is 12.5. The molecule has 0 heterocycles. The largest absolute Gasteiger partial charge is 0.396 e. The van der Waals surface area contributed by atoms with E-state index in [1.807, 2.05) is 12.1 Å². The van der Waals surface area contributed by atoms with Gasteiger partial charge in [0.1, 0.15) is 0 Å². The number of para-hydroxylation sites is 1. The molecule has 0 bridgehead atoms. The van der Waals surface area contributed by atoms with Crippen LogP contribution in [-0.4, -0.2) is 30.1 Å². The second-order valence-electron chi connectivity index (χ2n) is 5.05. The predicted molar refractivity (Wildman–Crippen MR) is 81.3 cm³/mol. The summed E-state index contributed by atoms with van der Waals surface area (Å²) < 4.78 is 0. The van der Waals surface area contributed by atoms with Crippen molar-refractivity contribution in [2.45, 2.75) is 39.8 Å². The van der Waals surface area contributed by atoms with Gasteiger partial charge in [0.15, 0.2) is 0 Å². The Morgan fingerprint density at radius 3 is 2.39 bits per heavy atom. The van der Waals surface area contributed by atoms with E-state index in [1.54, 1.807) is 6.07 Å². The van der Waals surface area contributed by atoms with E-state index in [1.165, 1.54) is 0 Å². The number of rotatable bonds is 6. The number of halogens is 1. The first kappa shape index (κ1) is 15.1. The van der Waals surface area contributed by atoms with Gasteiger partial charge in [0.05, 0.1) is 16.4 Å². The average Bonchev–Trinajstić information content (AvgIpc) is 2.28.